The van der Waals surface area contributed by atoms with E-state index in [1.807, 2.05) is 13.8 Å². The number of ether oxygens (including phenoxy) is 6. The number of fused-ring (bicyclic) bond motifs is 15. The van der Waals surface area contributed by atoms with Gasteiger partial charge in [0.2, 0.25) is 47.5 Å². The molecule has 5 aromatic rings. The number of aliphatic hydroxyl groups is 6. The molecule has 5 aromatic carbocycles. The summed E-state index contributed by atoms with van der Waals surface area (Å²) in [7, 11) is 0. The van der Waals surface area contributed by atoms with Gasteiger partial charge in [0.1, 0.15) is 77.4 Å². The molecule has 32 nitrogen and oxygen atoms in total. The van der Waals surface area contributed by atoms with Crippen molar-refractivity contribution < 1.29 is 123 Å². The highest BCUT2D eigenvalue weighted by molar-refractivity contribution is 6.32. The molecule has 2 saturated heterocycles. The monoisotopic (exact) mass is 1670 g/mol. The van der Waals surface area contributed by atoms with Gasteiger partial charge in [0.15, 0.2) is 41.5 Å². The van der Waals surface area contributed by atoms with E-state index in [9.17, 15) is 75.0 Å². The maximum atomic E-state index is 16.3. The van der Waals surface area contributed by atoms with Gasteiger partial charge in [-0.25, -0.2) is 4.79 Å². The van der Waals surface area contributed by atoms with E-state index in [1.165, 1.54) is 49.9 Å². The van der Waals surface area contributed by atoms with E-state index >= 15 is 19.2 Å². The maximum Gasteiger partial charge on any atom is 0.330 e. The van der Waals surface area contributed by atoms with E-state index in [1.54, 1.807) is 20.8 Å². The minimum atomic E-state index is -2.26. The molecule has 0 unspecified atom stereocenters. The van der Waals surface area contributed by atoms with Crippen molar-refractivity contribution >= 4 is 76.2 Å². The average Bonchev–Trinajstić information content (AvgIpc) is 0.772. The Hall–Kier alpha value is -9.29. The van der Waals surface area contributed by atoms with Gasteiger partial charge in [-0.05, 0) is 116 Å². The number of hydrogen-bond acceptors (Lipinski definition) is 25. The van der Waals surface area contributed by atoms with E-state index in [2.05, 4.69) is 38.8 Å². The van der Waals surface area contributed by atoms with E-state index < -0.39 is 238 Å². The number of carboxylic acid groups (broad SMARTS) is 1. The van der Waals surface area contributed by atoms with Gasteiger partial charge in [0.25, 0.3) is 0 Å². The van der Waals surface area contributed by atoms with Crippen molar-refractivity contribution in [2.75, 3.05) is 19.7 Å². The van der Waals surface area contributed by atoms with Crippen LogP contribution in [-0.2, 0) is 57.4 Å². The Morgan fingerprint density at radius 1 is 0.692 bits per heavy atom. The van der Waals surface area contributed by atoms with E-state index in [4.69, 9.17) is 57.4 Å². The number of amides is 6. The zero-order chi connectivity index (χ0) is 85.0. The largest absolute Gasteiger partial charge is 0.508 e. The second kappa shape index (κ2) is 40.0. The highest BCUT2D eigenvalue weighted by atomic mass is 35.5. The summed E-state index contributed by atoms with van der Waals surface area (Å²) in [5, 5.41) is 132. The van der Waals surface area contributed by atoms with Crippen molar-refractivity contribution in [2.24, 2.45) is 23.5 Å². The number of halogens is 2. The number of carbonyl (C=O) groups excluding carboxylic acids is 8. The molecule has 6 amide bonds. The number of phenolic OH excluding ortho intramolecular Hbond substituents is 3. The molecular weight excluding hydrogens is 1570 g/mol. The molecular formula is C83H105Cl2N7O25. The average molecular weight is 1670 g/mol. The van der Waals surface area contributed by atoms with Crippen LogP contribution in [0.25, 0.3) is 11.1 Å². The van der Waals surface area contributed by atoms with E-state index in [0.717, 1.165) is 86.7 Å². The van der Waals surface area contributed by atoms with Crippen LogP contribution in [0, 0.1) is 17.8 Å². The van der Waals surface area contributed by atoms with Gasteiger partial charge in [0, 0.05) is 79.4 Å². The summed E-state index contributed by atoms with van der Waals surface area (Å²) in [6, 6.07) is 5.68. The molecule has 2 fully saturated rings. The molecule has 7 aliphatic heterocycles. The van der Waals surface area contributed by atoms with Crippen LogP contribution in [-0.4, -0.2) is 191 Å². The number of phenols is 3. The number of hydrogen-bond donors (Lipinski definition) is 17. The summed E-state index contributed by atoms with van der Waals surface area (Å²) in [4.78, 5) is 132. The number of aliphatic carboxylic acids is 1. The van der Waals surface area contributed by atoms with Crippen molar-refractivity contribution in [3.63, 3.8) is 0 Å². The highest BCUT2D eigenvalue weighted by Crippen LogP contribution is 2.51. The molecule has 0 radical (unpaired) electrons. The molecule has 0 aliphatic carbocycles. The number of primary amides is 1. The Morgan fingerprint density at radius 2 is 1.32 bits per heavy atom. The highest BCUT2D eigenvalue weighted by Gasteiger charge is 2.52. The van der Waals surface area contributed by atoms with Gasteiger partial charge in [-0.3, -0.25) is 38.4 Å². The molecule has 11 bridgehead atoms. The van der Waals surface area contributed by atoms with Crippen LogP contribution in [0.3, 0.4) is 0 Å². The Balaban J connectivity index is 1.13. The van der Waals surface area contributed by atoms with E-state index in [0.29, 0.717) is 12.8 Å². The number of nitrogens with one attached hydrogen (secondary N) is 6. The number of aliphatic hydroxyl groups excluding tert-OH is 6. The first-order valence-corrected chi connectivity index (χ1v) is 40.3. The van der Waals surface area contributed by atoms with Crippen molar-refractivity contribution in [2.45, 2.75) is 241 Å². The smallest absolute Gasteiger partial charge is 0.330 e. The lowest BCUT2D eigenvalue weighted by atomic mass is 9.84. The van der Waals surface area contributed by atoms with Crippen molar-refractivity contribution in [1.29, 1.82) is 0 Å². The molecule has 7 heterocycles. The first kappa shape index (κ1) is 90.0. The molecule has 12 rings (SSSR count). The lowest BCUT2D eigenvalue weighted by Gasteiger charge is -2.48. The quantitative estimate of drug-likeness (QED) is 0.0231. The molecule has 636 valence electrons. The van der Waals surface area contributed by atoms with E-state index in [-0.39, 0.29) is 76.5 Å². The molecule has 0 spiro atoms. The first-order valence-electron chi connectivity index (χ1n) is 39.6. The second-order valence-electron chi connectivity index (χ2n) is 31.3. The lowest BCUT2D eigenvalue weighted by Crippen LogP contribution is -2.66. The summed E-state index contributed by atoms with van der Waals surface area (Å²) in [5.74, 6) is -19.2. The van der Waals surface area contributed by atoms with Gasteiger partial charge >= 0.3 is 5.97 Å². The summed E-state index contributed by atoms with van der Waals surface area (Å²) in [6.07, 6.45) is -9.95. The fourth-order valence-electron chi connectivity index (χ4n) is 15.6. The number of carbonyl (C=O) groups is 9. The molecule has 34 heteroatoms. The third kappa shape index (κ3) is 21.8. The fourth-order valence-corrected chi connectivity index (χ4v) is 16.1. The predicted octanol–water partition coefficient (Wildman–Crippen LogP) is 7.19. The minimum absolute atomic E-state index is 0.0242. The summed E-state index contributed by atoms with van der Waals surface area (Å²) < 4.78 is 39.5. The van der Waals surface area contributed by atoms with Gasteiger partial charge in [-0.15, -0.1) is 0 Å². The van der Waals surface area contributed by atoms with Crippen molar-refractivity contribution in [3.05, 3.63) is 117 Å². The van der Waals surface area contributed by atoms with Gasteiger partial charge in [-0.1, -0.05) is 120 Å². The molecule has 117 heavy (non-hydrogen) atoms. The molecule has 7 aliphatic rings. The van der Waals surface area contributed by atoms with Crippen LogP contribution in [0.2, 0.25) is 10.0 Å². The van der Waals surface area contributed by atoms with Crippen LogP contribution in [0.1, 0.15) is 202 Å². The molecule has 0 saturated carbocycles. The van der Waals surface area contributed by atoms with Crippen LogP contribution in [0.15, 0.2) is 78.9 Å². The second-order valence-corrected chi connectivity index (χ2v) is 32.1. The maximum absolute atomic E-state index is 16.3. The number of benzene rings is 5. The van der Waals surface area contributed by atoms with Crippen LogP contribution >= 0.6 is 23.2 Å². The third-order valence-corrected chi connectivity index (χ3v) is 22.6. The van der Waals surface area contributed by atoms with Gasteiger partial charge < -0.3 is 117 Å². The zero-order valence-corrected chi connectivity index (χ0v) is 67.3. The Bertz CT molecular complexity index is 4460. The number of ketones is 2. The Morgan fingerprint density at radius 3 is 1.93 bits per heavy atom. The number of Topliss-reactive ketones (excluding diaryl/α,β-unsaturated/α-hetero) is 2. The Kier molecular flexibility index (Phi) is 30.8. The SMILES string of the molecule is CCCCCCCCCCCC(=O)NCCN[C@@]1(C)C[C@H](O[C@H]2[C@H](Oc3c4cc5cc3Oc3ccc(cc3Cl)[C@@H](O)[C@@H](NC(=O)[C@H](CC)CC(C)C)C(=O)C[C@@H](CC(N)=O)C(=O)N[C@H]5C(=O)C[C@H]3C(=O)N[C@H](C(=O)N[C@@H](C(=O)O)c5cc(O)cc(O)c5-c5cc3ccc5O)[C@H](O)c3ccc(c(Cl)c3)O4)O[C@H](CO)[C@@H](O)[C@@H]2O)O[C@@H](C)[C@H]1O. The minimum Gasteiger partial charge on any atom is -0.508 e. The van der Waals surface area contributed by atoms with Crippen LogP contribution in [0.4, 0.5) is 0 Å². The van der Waals surface area contributed by atoms with Gasteiger partial charge in [0.05, 0.1) is 40.7 Å². The molecule has 18 atom stereocenters. The first-order chi connectivity index (χ1) is 55.6. The topological polar surface area (TPSA) is 510 Å². The van der Waals surface area contributed by atoms with Gasteiger partial charge in [-0.2, -0.15) is 0 Å². The van der Waals surface area contributed by atoms with Crippen molar-refractivity contribution in [1.82, 2.24) is 31.9 Å². The third-order valence-electron chi connectivity index (χ3n) is 22.1. The standard InChI is InChI=1S/C83H105Cl2N7O25/c1-7-9-10-11-12-13-14-15-16-17-63(100)87-24-25-88-83(6)37-64(112-40(5)76(83)105)116-75-73(104)72(103)61(38-93)115-82(75)117-74-59-31-45-32-60(74)114-58-23-20-44(29-52(58)85)71(102)69-80(109)90-67(81(110)111)50-34-47(94)35-54(96)65(50)49-27-42(18-21-53(49)95)48(79(108)92-69)36-56(98)66(45)89-78(107)46(33-62(86)99)30-55(97)68(91-77(106)41(8-2)26-39(3)4)70(101)43-19-22-57(113-59)51(84)28-43/h18-23,27-29,31-32,34-35,39-41,46,48,61,64,66-73,75-76,82,88,93-96,101-105H,7-17,24-26,30,33,36-38H2,1-6H3,(H2,86,99)(H,87,100)(H,89,107)(H,90,109)(H,91,106)(H,92,108)(H,110,111)/t40-,41+,46-,48+,61+,64-,66+,67+,68-,69-,70+,71+,72+,73-,75+,76+,82-,83-/m0/s1. The number of nitrogens with two attached hydrogens (primary N) is 1. The Labute approximate surface area is 685 Å². The summed E-state index contributed by atoms with van der Waals surface area (Å²) >= 11 is 14.3. The number of carboxylic acids is 1. The van der Waals surface area contributed by atoms with Crippen molar-refractivity contribution in [3.8, 4) is 57.1 Å². The predicted molar refractivity (Wildman–Crippen MR) is 422 cm³/mol. The lowest BCUT2D eigenvalue weighted by molar-refractivity contribution is -0.334. The normalized spacial score (nSPS) is 27.1. The number of unbranched alkanes of at least 4 members (excludes halogenated alkanes) is 8. The fraction of sp³-hybridized carbons (Fsp3) is 0.530. The zero-order valence-electron chi connectivity index (χ0n) is 65.8. The molecule has 0 aromatic heterocycles. The number of rotatable bonds is 27. The summed E-state index contributed by atoms with van der Waals surface area (Å²) in [5.41, 5.74) is 2.16. The van der Waals surface area contributed by atoms with Crippen LogP contribution in [0.5, 0.6) is 46.0 Å². The number of aromatic hydroxyl groups is 3. The molecule has 18 N–H and O–H groups in total. The summed E-state index contributed by atoms with van der Waals surface area (Å²) in [6.45, 7) is 10.3. The van der Waals surface area contributed by atoms with Crippen LogP contribution < -0.4 is 51.8 Å².